The molecule has 2 aromatic carbocycles. The van der Waals surface area contributed by atoms with Crippen molar-refractivity contribution >= 4 is 53.7 Å². The maximum atomic E-state index is 12.8. The molecule has 7 nitrogen and oxygen atoms in total. The molecule has 0 saturated carbocycles. The second-order valence-electron chi connectivity index (χ2n) is 7.17. The number of nitrogens with one attached hydrogen (secondary N) is 2. The molecule has 1 heterocycles. The van der Waals surface area contributed by atoms with Gasteiger partial charge in [-0.1, -0.05) is 15.9 Å². The number of amides is 1. The number of carboxylic acid groups (broad SMARTS) is 1. The molecule has 3 rings (SSSR count). The summed E-state index contributed by atoms with van der Waals surface area (Å²) >= 11 is 6.46. The first-order valence-electron chi connectivity index (χ1n) is 9.25. The van der Waals surface area contributed by atoms with E-state index in [1.54, 1.807) is 12.1 Å². The van der Waals surface area contributed by atoms with Gasteiger partial charge in [-0.15, -0.1) is 0 Å². The van der Waals surface area contributed by atoms with Gasteiger partial charge in [-0.2, -0.15) is 13.2 Å². The molecule has 1 aliphatic heterocycles. The number of hydrogen-bond acceptors (Lipinski definition) is 4. The molecule has 1 amide bonds. The van der Waals surface area contributed by atoms with Crippen LogP contribution in [-0.2, 0) is 16.2 Å². The Morgan fingerprint density at radius 3 is 2.44 bits per heavy atom. The third-order valence-corrected chi connectivity index (χ3v) is 7.87. The third kappa shape index (κ3) is 6.01. The van der Waals surface area contributed by atoms with Crippen molar-refractivity contribution in [2.24, 2.45) is 0 Å². The lowest BCUT2D eigenvalue weighted by Gasteiger charge is -2.23. The van der Waals surface area contributed by atoms with Gasteiger partial charge in [0.2, 0.25) is 10.0 Å². The zero-order valence-electron chi connectivity index (χ0n) is 16.2. The molecule has 3 N–H and O–H groups in total. The Kier molecular flexibility index (Phi) is 7.55. The van der Waals surface area contributed by atoms with Crippen LogP contribution in [0.4, 0.5) is 23.7 Å². The Bertz CT molecular complexity index is 1100. The lowest BCUT2D eigenvalue weighted by molar-refractivity contribution is -0.137. The first-order chi connectivity index (χ1) is 14.9. The van der Waals surface area contributed by atoms with Crippen molar-refractivity contribution in [1.82, 2.24) is 10.0 Å². The summed E-state index contributed by atoms with van der Waals surface area (Å²) in [5.41, 5.74) is -0.784. The molecule has 1 fully saturated rings. The second kappa shape index (κ2) is 9.67. The summed E-state index contributed by atoms with van der Waals surface area (Å²) in [6, 6.07) is 7.70. The van der Waals surface area contributed by atoms with Crippen molar-refractivity contribution in [2.75, 3.05) is 18.0 Å². The van der Waals surface area contributed by atoms with Crippen LogP contribution in [0.25, 0.3) is 0 Å². The molecule has 0 radical (unpaired) electrons. The quantitative estimate of drug-likeness (QED) is 0.456. The van der Waals surface area contributed by atoms with E-state index >= 15 is 0 Å². The topological polar surface area (TPSA) is 98.7 Å². The minimum absolute atomic E-state index is 0.0560. The van der Waals surface area contributed by atoms with E-state index in [0.29, 0.717) is 15.4 Å². The molecular formula is C19H18Br2F3N3O4S. The van der Waals surface area contributed by atoms with E-state index in [2.05, 4.69) is 41.9 Å². The maximum absolute atomic E-state index is 12.8. The van der Waals surface area contributed by atoms with E-state index in [0.717, 1.165) is 29.2 Å². The molecule has 32 heavy (non-hydrogen) atoms. The Labute approximate surface area is 199 Å². The van der Waals surface area contributed by atoms with E-state index in [1.165, 1.54) is 6.07 Å². The van der Waals surface area contributed by atoms with Gasteiger partial charge in [0.15, 0.2) is 0 Å². The molecule has 0 aromatic heterocycles. The lowest BCUT2D eigenvalue weighted by Crippen LogP contribution is -2.40. The van der Waals surface area contributed by atoms with Gasteiger partial charge in [-0.25, -0.2) is 17.9 Å². The van der Waals surface area contributed by atoms with Gasteiger partial charge in [0, 0.05) is 39.8 Å². The SMILES string of the molecule is O=C(O)N(C[C@H]1C[C@@H](NS(=O)(=O)c2cc(Br)ccc2Br)CN1)c1ccc(C(F)(F)F)cc1. The number of sulfonamides is 1. The van der Waals surface area contributed by atoms with Crippen LogP contribution in [-0.4, -0.2) is 44.8 Å². The van der Waals surface area contributed by atoms with E-state index in [-0.39, 0.29) is 23.7 Å². The van der Waals surface area contributed by atoms with Crippen molar-refractivity contribution in [3.63, 3.8) is 0 Å². The highest BCUT2D eigenvalue weighted by atomic mass is 79.9. The van der Waals surface area contributed by atoms with Gasteiger partial charge in [0.05, 0.1) is 10.5 Å². The zero-order valence-corrected chi connectivity index (χ0v) is 20.2. The lowest BCUT2D eigenvalue weighted by atomic mass is 10.1. The van der Waals surface area contributed by atoms with Gasteiger partial charge >= 0.3 is 12.3 Å². The minimum atomic E-state index is -4.52. The summed E-state index contributed by atoms with van der Waals surface area (Å²) in [5, 5.41) is 12.6. The molecule has 2 atom stereocenters. The second-order valence-corrected chi connectivity index (χ2v) is 10.6. The molecule has 0 spiro atoms. The number of alkyl halides is 3. The average Bonchev–Trinajstić information content (AvgIpc) is 3.13. The predicted molar refractivity (Wildman–Crippen MR) is 119 cm³/mol. The summed E-state index contributed by atoms with van der Waals surface area (Å²) < 4.78 is 67.3. The monoisotopic (exact) mass is 599 g/mol. The van der Waals surface area contributed by atoms with Crippen molar-refractivity contribution in [2.45, 2.75) is 29.6 Å². The maximum Gasteiger partial charge on any atom is 0.416 e. The van der Waals surface area contributed by atoms with Gasteiger partial charge in [-0.05, 0) is 64.8 Å². The Morgan fingerprint density at radius 1 is 1.19 bits per heavy atom. The fraction of sp³-hybridized carbons (Fsp3) is 0.316. The minimum Gasteiger partial charge on any atom is -0.465 e. The smallest absolute Gasteiger partial charge is 0.416 e. The summed E-state index contributed by atoms with van der Waals surface area (Å²) in [4.78, 5) is 12.7. The molecule has 174 valence electrons. The summed E-state index contributed by atoms with van der Waals surface area (Å²) in [5.74, 6) is 0. The average molecular weight is 601 g/mol. The number of rotatable bonds is 6. The zero-order chi connectivity index (χ0) is 23.7. The Hall–Kier alpha value is -1.67. The molecule has 2 aromatic rings. The highest BCUT2D eigenvalue weighted by molar-refractivity contribution is 9.11. The van der Waals surface area contributed by atoms with E-state index in [9.17, 15) is 31.5 Å². The van der Waals surface area contributed by atoms with Crippen LogP contribution in [0.3, 0.4) is 0 Å². The number of hydrogen-bond donors (Lipinski definition) is 3. The molecule has 0 aliphatic carbocycles. The predicted octanol–water partition coefficient (Wildman–Crippen LogP) is 4.42. The van der Waals surface area contributed by atoms with Gasteiger partial charge in [-0.3, -0.25) is 4.90 Å². The van der Waals surface area contributed by atoms with Crippen LogP contribution in [0.5, 0.6) is 0 Å². The standard InChI is InChI=1S/C19H18Br2F3N3O4S/c20-12-3-6-16(21)17(7-12)32(30,31)26-13-8-14(25-9-13)10-27(18(28)29)15-4-1-11(2-5-15)19(22,23)24/h1-7,13-14,25-26H,8-10H2,(H,28,29)/t13-,14-/m1/s1. The summed E-state index contributed by atoms with van der Waals surface area (Å²) in [6.45, 7) is 0.218. The molecule has 1 saturated heterocycles. The fourth-order valence-corrected chi connectivity index (χ4v) is 6.11. The van der Waals surface area contributed by atoms with Crippen LogP contribution in [0.2, 0.25) is 0 Å². The molecular weight excluding hydrogens is 583 g/mol. The van der Waals surface area contributed by atoms with Crippen molar-refractivity contribution in [3.05, 3.63) is 57.0 Å². The molecule has 0 bridgehead atoms. The normalized spacial score (nSPS) is 19.2. The van der Waals surface area contributed by atoms with E-state index in [4.69, 9.17) is 0 Å². The van der Waals surface area contributed by atoms with Crippen LogP contribution >= 0.6 is 31.9 Å². The number of anilines is 1. The highest BCUT2D eigenvalue weighted by Gasteiger charge is 2.33. The molecule has 0 unspecified atom stereocenters. The first-order valence-corrected chi connectivity index (χ1v) is 12.3. The summed E-state index contributed by atoms with van der Waals surface area (Å²) in [7, 11) is -3.84. The number of carbonyl (C=O) groups is 1. The molecule has 1 aliphatic rings. The summed E-state index contributed by atoms with van der Waals surface area (Å²) in [6.07, 6.45) is -5.54. The third-order valence-electron chi connectivity index (χ3n) is 4.87. The van der Waals surface area contributed by atoms with Crippen molar-refractivity contribution < 1.29 is 31.5 Å². The van der Waals surface area contributed by atoms with E-state index in [1.807, 2.05) is 0 Å². The highest BCUT2D eigenvalue weighted by Crippen LogP contribution is 2.31. The first kappa shape index (κ1) is 25.0. The number of benzene rings is 2. The van der Waals surface area contributed by atoms with Gasteiger partial charge < -0.3 is 10.4 Å². The Morgan fingerprint density at radius 2 is 1.84 bits per heavy atom. The van der Waals surface area contributed by atoms with Crippen molar-refractivity contribution in [1.29, 1.82) is 0 Å². The van der Waals surface area contributed by atoms with Crippen LogP contribution < -0.4 is 14.9 Å². The van der Waals surface area contributed by atoms with Gasteiger partial charge in [0.25, 0.3) is 0 Å². The van der Waals surface area contributed by atoms with Gasteiger partial charge in [0.1, 0.15) is 0 Å². The Balaban J connectivity index is 1.67. The van der Waals surface area contributed by atoms with E-state index < -0.39 is 39.9 Å². The molecule has 13 heteroatoms. The number of nitrogens with zero attached hydrogens (tertiary/aromatic N) is 1. The largest absolute Gasteiger partial charge is 0.465 e. The number of halogens is 5. The van der Waals surface area contributed by atoms with Crippen molar-refractivity contribution in [3.8, 4) is 0 Å². The van der Waals surface area contributed by atoms with Crippen LogP contribution in [0.15, 0.2) is 56.3 Å². The van der Waals surface area contributed by atoms with Crippen LogP contribution in [0, 0.1) is 0 Å². The fourth-order valence-electron chi connectivity index (χ4n) is 3.36. The van der Waals surface area contributed by atoms with Crippen LogP contribution in [0.1, 0.15) is 12.0 Å².